The first-order chi connectivity index (χ1) is 16.4. The van der Waals surface area contributed by atoms with Crippen LogP contribution >= 0.6 is 0 Å². The van der Waals surface area contributed by atoms with Crippen molar-refractivity contribution in [1.82, 2.24) is 24.8 Å². The van der Waals surface area contributed by atoms with Crippen molar-refractivity contribution in [1.29, 1.82) is 0 Å². The van der Waals surface area contributed by atoms with Crippen LogP contribution in [0.5, 0.6) is 0 Å². The molecule has 9 heteroatoms. The third-order valence-corrected chi connectivity index (χ3v) is 6.27. The summed E-state index contributed by atoms with van der Waals surface area (Å²) in [5.41, 5.74) is 4.78. The Labute approximate surface area is 195 Å². The minimum Gasteiger partial charge on any atom is -0.361 e. The van der Waals surface area contributed by atoms with Crippen molar-refractivity contribution < 1.29 is 9.18 Å². The number of fused-ring (bicyclic) bond motifs is 2. The summed E-state index contributed by atoms with van der Waals surface area (Å²) in [5.74, 6) is -0.406. The Morgan fingerprint density at radius 3 is 2.88 bits per heavy atom. The van der Waals surface area contributed by atoms with E-state index in [0.717, 1.165) is 39.1 Å². The van der Waals surface area contributed by atoms with E-state index in [2.05, 4.69) is 25.6 Å². The molecule has 0 bridgehead atoms. The molecule has 0 unspecified atom stereocenters. The molecule has 1 atom stereocenters. The second-order valence-corrected chi connectivity index (χ2v) is 8.68. The Morgan fingerprint density at radius 2 is 2.03 bits per heavy atom. The Kier molecular flexibility index (Phi) is 5.61. The molecule has 1 amide bonds. The summed E-state index contributed by atoms with van der Waals surface area (Å²) in [5, 5.41) is 6.93. The first-order valence-corrected chi connectivity index (χ1v) is 11.2. The van der Waals surface area contributed by atoms with E-state index in [4.69, 9.17) is 0 Å². The highest BCUT2D eigenvalue weighted by Gasteiger charge is 2.30. The van der Waals surface area contributed by atoms with E-state index in [9.17, 15) is 14.0 Å². The summed E-state index contributed by atoms with van der Waals surface area (Å²) < 4.78 is 15.1. The fraction of sp³-hybridized carbons (Fsp3) is 0.280. The summed E-state index contributed by atoms with van der Waals surface area (Å²) in [6.45, 7) is 4.39. The van der Waals surface area contributed by atoms with Crippen LogP contribution in [0.25, 0.3) is 10.9 Å². The van der Waals surface area contributed by atoms with Crippen molar-refractivity contribution in [2.75, 3.05) is 5.32 Å². The highest BCUT2D eigenvalue weighted by atomic mass is 19.1. The predicted octanol–water partition coefficient (Wildman–Crippen LogP) is 3.29. The number of rotatable bonds is 6. The first-order valence-electron chi connectivity index (χ1n) is 11.2. The van der Waals surface area contributed by atoms with Crippen LogP contribution in [0.1, 0.15) is 40.7 Å². The van der Waals surface area contributed by atoms with Crippen LogP contribution in [0, 0.1) is 19.7 Å². The van der Waals surface area contributed by atoms with Gasteiger partial charge >= 0.3 is 0 Å². The van der Waals surface area contributed by atoms with Crippen molar-refractivity contribution >= 4 is 22.6 Å². The second kappa shape index (κ2) is 8.74. The van der Waals surface area contributed by atoms with Crippen molar-refractivity contribution in [3.63, 3.8) is 0 Å². The molecular formula is C25H25FN6O2. The summed E-state index contributed by atoms with van der Waals surface area (Å²) in [6.07, 6.45) is 4.56. The van der Waals surface area contributed by atoms with Crippen LogP contribution in [0.15, 0.2) is 47.5 Å². The van der Waals surface area contributed by atoms with Gasteiger partial charge in [-0.2, -0.15) is 0 Å². The average molecular weight is 461 g/mol. The number of carbonyl (C=O) groups excluding carboxylic acids is 1. The van der Waals surface area contributed by atoms with Crippen LogP contribution in [0.2, 0.25) is 0 Å². The normalized spacial score (nSPS) is 14.9. The number of anilines is 1. The molecule has 0 saturated carbocycles. The number of aryl methyl sites for hydroxylation is 3. The number of hydrogen-bond donors (Lipinski definition) is 3. The highest BCUT2D eigenvalue weighted by Crippen LogP contribution is 2.24. The summed E-state index contributed by atoms with van der Waals surface area (Å²) in [6, 6.07) is 7.84. The van der Waals surface area contributed by atoms with Crippen molar-refractivity contribution in [3.8, 4) is 0 Å². The molecule has 4 aromatic rings. The van der Waals surface area contributed by atoms with Gasteiger partial charge in [0.15, 0.2) is 5.82 Å². The third-order valence-electron chi connectivity index (χ3n) is 6.27. The lowest BCUT2D eigenvalue weighted by Crippen LogP contribution is -2.36. The van der Waals surface area contributed by atoms with Crippen molar-refractivity contribution in [3.05, 3.63) is 87.1 Å². The zero-order valence-corrected chi connectivity index (χ0v) is 19.0. The quantitative estimate of drug-likeness (QED) is 0.410. The first kappa shape index (κ1) is 21.8. The molecule has 1 aliphatic rings. The van der Waals surface area contributed by atoms with Crippen LogP contribution < -0.4 is 16.2 Å². The lowest BCUT2D eigenvalue weighted by Gasteiger charge is -2.16. The number of amides is 1. The number of nitrogens with zero attached hydrogens (tertiary/aromatic N) is 3. The van der Waals surface area contributed by atoms with Gasteiger partial charge in [-0.05, 0) is 62.1 Å². The topological polar surface area (TPSA) is 105 Å². The molecule has 0 fully saturated rings. The number of carbonyl (C=O) groups is 1. The van der Waals surface area contributed by atoms with Crippen molar-refractivity contribution in [2.24, 2.45) is 0 Å². The van der Waals surface area contributed by atoms with Gasteiger partial charge in [-0.15, -0.1) is 0 Å². The zero-order valence-electron chi connectivity index (χ0n) is 19.0. The average Bonchev–Trinajstić information content (AvgIpc) is 3.43. The van der Waals surface area contributed by atoms with E-state index in [0.29, 0.717) is 19.4 Å². The minimum atomic E-state index is -0.602. The molecule has 0 spiro atoms. The fourth-order valence-electron chi connectivity index (χ4n) is 4.41. The Morgan fingerprint density at radius 1 is 1.18 bits per heavy atom. The summed E-state index contributed by atoms with van der Waals surface area (Å²) >= 11 is 0. The molecule has 174 valence electrons. The molecule has 4 heterocycles. The van der Waals surface area contributed by atoms with Gasteiger partial charge in [-0.1, -0.05) is 6.07 Å². The Bertz CT molecular complexity index is 1460. The standard InChI is InChI=1S/C25H25FN6O2/c1-14-3-4-18(26)8-16(14)10-28-23-25(34)32-20(13-29-23)5-6-22(32)24(33)30-12-19-9-17-11-27-15(2)7-21(17)31-19/h3-4,7-9,11,13,22,31H,5-6,10,12H2,1-2H3,(H,28,29)(H,30,33)/t22-/m0/s1. The molecule has 34 heavy (non-hydrogen) atoms. The van der Waals surface area contributed by atoms with Crippen LogP contribution in [-0.4, -0.2) is 25.4 Å². The molecule has 0 saturated heterocycles. The monoisotopic (exact) mass is 460 g/mol. The van der Waals surface area contributed by atoms with Crippen LogP contribution in [0.3, 0.4) is 0 Å². The van der Waals surface area contributed by atoms with Crippen molar-refractivity contribution in [2.45, 2.75) is 45.8 Å². The van der Waals surface area contributed by atoms with Gasteiger partial charge in [0.05, 0.1) is 6.54 Å². The van der Waals surface area contributed by atoms with Gasteiger partial charge in [-0.25, -0.2) is 9.37 Å². The maximum atomic E-state index is 13.6. The number of hydrogen-bond acceptors (Lipinski definition) is 5. The maximum absolute atomic E-state index is 13.6. The summed E-state index contributed by atoms with van der Waals surface area (Å²) in [7, 11) is 0. The van der Waals surface area contributed by atoms with Gasteiger partial charge in [-0.3, -0.25) is 19.1 Å². The molecule has 3 aromatic heterocycles. The van der Waals surface area contributed by atoms with E-state index in [1.807, 2.05) is 26.0 Å². The number of nitrogens with one attached hydrogen (secondary N) is 3. The SMILES string of the molecule is Cc1cc2[nH]c(CNC(=O)[C@@H]3CCc4cnc(NCc5cc(F)ccc5C)c(=O)n43)cc2cn1. The number of aromatic nitrogens is 4. The lowest BCUT2D eigenvalue weighted by atomic mass is 10.1. The smallest absolute Gasteiger partial charge is 0.294 e. The molecule has 3 N–H and O–H groups in total. The molecule has 1 aromatic carbocycles. The van der Waals surface area contributed by atoms with Crippen LogP contribution in [-0.2, 0) is 24.3 Å². The number of benzene rings is 1. The number of pyridine rings is 1. The summed E-state index contributed by atoms with van der Waals surface area (Å²) in [4.78, 5) is 38.0. The van der Waals surface area contributed by atoms with Gasteiger partial charge in [0, 0.05) is 46.9 Å². The fourth-order valence-corrected chi connectivity index (χ4v) is 4.41. The Hall–Kier alpha value is -4.01. The van der Waals surface area contributed by atoms with Gasteiger partial charge < -0.3 is 15.6 Å². The van der Waals surface area contributed by atoms with E-state index < -0.39 is 6.04 Å². The van der Waals surface area contributed by atoms with Gasteiger partial charge in [0.2, 0.25) is 5.91 Å². The number of H-pyrrole nitrogens is 1. The van der Waals surface area contributed by atoms with Crippen LogP contribution in [0.4, 0.5) is 10.2 Å². The molecule has 0 aliphatic carbocycles. The predicted molar refractivity (Wildman–Crippen MR) is 127 cm³/mol. The second-order valence-electron chi connectivity index (χ2n) is 8.68. The molecule has 5 rings (SSSR count). The molecule has 8 nitrogen and oxygen atoms in total. The number of halogens is 1. The molecule has 0 radical (unpaired) electrons. The molecule has 1 aliphatic heterocycles. The molecular weight excluding hydrogens is 435 g/mol. The number of aromatic amines is 1. The maximum Gasteiger partial charge on any atom is 0.294 e. The van der Waals surface area contributed by atoms with Gasteiger partial charge in [0.25, 0.3) is 5.56 Å². The zero-order chi connectivity index (χ0) is 23.8. The third kappa shape index (κ3) is 4.16. The van der Waals surface area contributed by atoms with E-state index in [1.165, 1.54) is 16.7 Å². The van der Waals surface area contributed by atoms with E-state index >= 15 is 0 Å². The van der Waals surface area contributed by atoms with E-state index in [1.54, 1.807) is 18.5 Å². The van der Waals surface area contributed by atoms with E-state index in [-0.39, 0.29) is 29.6 Å². The highest BCUT2D eigenvalue weighted by molar-refractivity contribution is 5.82. The minimum absolute atomic E-state index is 0.144. The largest absolute Gasteiger partial charge is 0.361 e. The Balaban J connectivity index is 1.30. The van der Waals surface area contributed by atoms with Gasteiger partial charge in [0.1, 0.15) is 11.9 Å². The lowest BCUT2D eigenvalue weighted by molar-refractivity contribution is -0.124.